The third kappa shape index (κ3) is 3.77. The predicted octanol–water partition coefficient (Wildman–Crippen LogP) is 0.929. The number of anilines is 2. The van der Waals surface area contributed by atoms with E-state index in [1.807, 2.05) is 25.2 Å². The molecule has 0 fully saturated rings. The van der Waals surface area contributed by atoms with Crippen LogP contribution < -0.4 is 11.5 Å². The highest BCUT2D eigenvalue weighted by Crippen LogP contribution is 2.16. The molecule has 0 atom stereocenters. The van der Waals surface area contributed by atoms with E-state index in [0.717, 1.165) is 19.7 Å². The van der Waals surface area contributed by atoms with Crippen LogP contribution in [0.25, 0.3) is 0 Å². The summed E-state index contributed by atoms with van der Waals surface area (Å²) < 4.78 is 5.01. The molecule has 0 heterocycles. The van der Waals surface area contributed by atoms with Crippen LogP contribution in [0.1, 0.15) is 5.56 Å². The van der Waals surface area contributed by atoms with Gasteiger partial charge in [-0.25, -0.2) is 0 Å². The maximum absolute atomic E-state index is 5.73. The second kappa shape index (κ2) is 5.58. The minimum Gasteiger partial charge on any atom is -0.397 e. The van der Waals surface area contributed by atoms with Gasteiger partial charge in [0.05, 0.1) is 18.0 Å². The molecule has 0 bridgehead atoms. The molecule has 0 aliphatic rings. The van der Waals surface area contributed by atoms with Gasteiger partial charge in [-0.15, -0.1) is 0 Å². The summed E-state index contributed by atoms with van der Waals surface area (Å²) >= 11 is 0. The van der Waals surface area contributed by atoms with E-state index in [0.29, 0.717) is 11.4 Å². The van der Waals surface area contributed by atoms with E-state index in [4.69, 9.17) is 16.2 Å². The van der Waals surface area contributed by atoms with Crippen molar-refractivity contribution in [3.8, 4) is 0 Å². The highest BCUT2D eigenvalue weighted by atomic mass is 16.5. The van der Waals surface area contributed by atoms with Crippen LogP contribution in [0.15, 0.2) is 18.2 Å². The highest BCUT2D eigenvalue weighted by molar-refractivity contribution is 5.63. The maximum Gasteiger partial charge on any atom is 0.0589 e. The Balaban J connectivity index is 2.53. The molecule has 0 aliphatic heterocycles. The van der Waals surface area contributed by atoms with Gasteiger partial charge in [-0.1, -0.05) is 6.07 Å². The van der Waals surface area contributed by atoms with Gasteiger partial charge in [0.2, 0.25) is 0 Å². The molecule has 0 radical (unpaired) electrons. The molecular weight excluding hydrogens is 190 g/mol. The molecule has 1 aromatic rings. The molecule has 0 unspecified atom stereocenters. The summed E-state index contributed by atoms with van der Waals surface area (Å²) in [7, 11) is 3.75. The number of rotatable bonds is 5. The van der Waals surface area contributed by atoms with E-state index >= 15 is 0 Å². The van der Waals surface area contributed by atoms with Crippen molar-refractivity contribution in [3.05, 3.63) is 23.8 Å². The first-order valence-electron chi connectivity index (χ1n) is 4.95. The average molecular weight is 209 g/mol. The fourth-order valence-corrected chi connectivity index (χ4v) is 1.36. The van der Waals surface area contributed by atoms with E-state index < -0.39 is 0 Å². The van der Waals surface area contributed by atoms with Crippen LogP contribution >= 0.6 is 0 Å². The van der Waals surface area contributed by atoms with Gasteiger partial charge in [-0.3, -0.25) is 4.90 Å². The largest absolute Gasteiger partial charge is 0.397 e. The lowest BCUT2D eigenvalue weighted by Crippen LogP contribution is -2.22. The molecule has 0 aliphatic carbocycles. The van der Waals surface area contributed by atoms with Crippen molar-refractivity contribution in [1.29, 1.82) is 0 Å². The number of ether oxygens (including phenoxy) is 1. The van der Waals surface area contributed by atoms with Crippen LogP contribution in [0.4, 0.5) is 11.4 Å². The molecule has 1 aromatic carbocycles. The quantitative estimate of drug-likeness (QED) is 0.708. The summed E-state index contributed by atoms with van der Waals surface area (Å²) in [5, 5.41) is 0. The van der Waals surface area contributed by atoms with E-state index in [-0.39, 0.29) is 0 Å². The van der Waals surface area contributed by atoms with Gasteiger partial charge in [-0.2, -0.15) is 0 Å². The van der Waals surface area contributed by atoms with Crippen molar-refractivity contribution in [3.63, 3.8) is 0 Å². The molecule has 4 nitrogen and oxygen atoms in total. The van der Waals surface area contributed by atoms with Crippen LogP contribution in [0.5, 0.6) is 0 Å². The first-order chi connectivity index (χ1) is 7.13. The van der Waals surface area contributed by atoms with Crippen molar-refractivity contribution in [2.45, 2.75) is 6.54 Å². The number of hydrogen-bond acceptors (Lipinski definition) is 4. The highest BCUT2D eigenvalue weighted by Gasteiger charge is 2.01. The molecule has 0 saturated carbocycles. The molecule has 0 spiro atoms. The SMILES string of the molecule is COCCN(C)Cc1ccc(N)c(N)c1. The Hall–Kier alpha value is -1.26. The Labute approximate surface area is 90.8 Å². The lowest BCUT2D eigenvalue weighted by atomic mass is 10.1. The molecule has 84 valence electrons. The minimum atomic E-state index is 0.637. The Bertz CT molecular complexity index is 315. The van der Waals surface area contributed by atoms with Crippen molar-refractivity contribution in [2.24, 2.45) is 0 Å². The lowest BCUT2D eigenvalue weighted by molar-refractivity contribution is 0.158. The second-order valence-corrected chi connectivity index (χ2v) is 3.69. The summed E-state index contributed by atoms with van der Waals surface area (Å²) in [4.78, 5) is 2.18. The Kier molecular flexibility index (Phi) is 4.39. The zero-order chi connectivity index (χ0) is 11.3. The molecule has 0 aromatic heterocycles. The van der Waals surface area contributed by atoms with E-state index in [2.05, 4.69) is 4.90 Å². The first kappa shape index (κ1) is 11.8. The Morgan fingerprint density at radius 3 is 2.60 bits per heavy atom. The zero-order valence-corrected chi connectivity index (χ0v) is 9.36. The summed E-state index contributed by atoms with van der Waals surface area (Å²) in [6.07, 6.45) is 0. The van der Waals surface area contributed by atoms with Gasteiger partial charge in [0, 0.05) is 20.2 Å². The Morgan fingerprint density at radius 2 is 2.00 bits per heavy atom. The van der Waals surface area contributed by atoms with Crippen LogP contribution in [-0.4, -0.2) is 32.2 Å². The minimum absolute atomic E-state index is 0.637. The Morgan fingerprint density at radius 1 is 1.27 bits per heavy atom. The number of hydrogen-bond donors (Lipinski definition) is 2. The smallest absolute Gasteiger partial charge is 0.0589 e. The molecule has 4 heteroatoms. The lowest BCUT2D eigenvalue weighted by Gasteiger charge is -2.16. The second-order valence-electron chi connectivity index (χ2n) is 3.69. The summed E-state index contributed by atoms with van der Waals surface area (Å²) in [6.45, 7) is 2.50. The molecule has 0 amide bonds. The van der Waals surface area contributed by atoms with Gasteiger partial charge in [0.25, 0.3) is 0 Å². The predicted molar refractivity (Wildman–Crippen MR) is 63.5 cm³/mol. The third-order valence-electron chi connectivity index (χ3n) is 2.28. The van der Waals surface area contributed by atoms with Crippen molar-refractivity contribution in [1.82, 2.24) is 4.90 Å². The van der Waals surface area contributed by atoms with E-state index in [1.165, 1.54) is 5.56 Å². The normalized spacial score (nSPS) is 10.9. The maximum atomic E-state index is 5.73. The standard InChI is InChI=1S/C11H19N3O/c1-14(5-6-15-2)8-9-3-4-10(12)11(13)7-9/h3-4,7H,5-6,8,12-13H2,1-2H3. The fraction of sp³-hybridized carbons (Fsp3) is 0.455. The number of nitrogens with two attached hydrogens (primary N) is 2. The number of benzene rings is 1. The van der Waals surface area contributed by atoms with Crippen LogP contribution in [0, 0.1) is 0 Å². The van der Waals surface area contributed by atoms with Crippen molar-refractivity contribution >= 4 is 11.4 Å². The van der Waals surface area contributed by atoms with E-state index in [9.17, 15) is 0 Å². The van der Waals surface area contributed by atoms with Crippen molar-refractivity contribution < 1.29 is 4.74 Å². The molecule has 4 N–H and O–H groups in total. The number of methoxy groups -OCH3 is 1. The first-order valence-corrected chi connectivity index (χ1v) is 4.95. The molecular formula is C11H19N3O. The number of likely N-dealkylation sites (N-methyl/N-ethyl adjacent to an activating group) is 1. The van der Waals surface area contributed by atoms with Gasteiger partial charge in [0.15, 0.2) is 0 Å². The van der Waals surface area contributed by atoms with Crippen LogP contribution in [0.2, 0.25) is 0 Å². The third-order valence-corrected chi connectivity index (χ3v) is 2.28. The fourth-order valence-electron chi connectivity index (χ4n) is 1.36. The monoisotopic (exact) mass is 209 g/mol. The summed E-state index contributed by atoms with van der Waals surface area (Å²) in [6, 6.07) is 5.75. The zero-order valence-electron chi connectivity index (χ0n) is 9.36. The topological polar surface area (TPSA) is 64.5 Å². The molecule has 1 rings (SSSR count). The van der Waals surface area contributed by atoms with Crippen LogP contribution in [0.3, 0.4) is 0 Å². The van der Waals surface area contributed by atoms with Crippen LogP contribution in [-0.2, 0) is 11.3 Å². The molecule has 15 heavy (non-hydrogen) atoms. The molecule has 0 saturated heterocycles. The van der Waals surface area contributed by atoms with Gasteiger partial charge in [0.1, 0.15) is 0 Å². The average Bonchev–Trinajstić information content (AvgIpc) is 2.20. The van der Waals surface area contributed by atoms with Gasteiger partial charge in [-0.05, 0) is 24.7 Å². The summed E-state index contributed by atoms with van der Waals surface area (Å²) in [5.74, 6) is 0. The summed E-state index contributed by atoms with van der Waals surface area (Å²) in [5.41, 5.74) is 13.8. The number of nitrogens with zero attached hydrogens (tertiary/aromatic N) is 1. The van der Waals surface area contributed by atoms with Crippen molar-refractivity contribution in [2.75, 3.05) is 38.8 Å². The van der Waals surface area contributed by atoms with Gasteiger partial charge >= 0.3 is 0 Å². The van der Waals surface area contributed by atoms with E-state index in [1.54, 1.807) is 7.11 Å². The van der Waals surface area contributed by atoms with Gasteiger partial charge < -0.3 is 16.2 Å². The number of nitrogen functional groups attached to an aromatic ring is 2.